The fourth-order valence-electron chi connectivity index (χ4n) is 1.96. The number of likely N-dealkylation sites (N-methyl/N-ethyl adjacent to an activating group) is 1. The van der Waals surface area contributed by atoms with E-state index in [-0.39, 0.29) is 11.3 Å². The van der Waals surface area contributed by atoms with Gasteiger partial charge in [-0.3, -0.25) is 4.79 Å². The second-order valence-corrected chi connectivity index (χ2v) is 5.17. The molecule has 88 valence electrons. The molecular weight excluding hydrogens is 188 g/mol. The number of amides is 1. The van der Waals surface area contributed by atoms with Gasteiger partial charge in [-0.1, -0.05) is 27.2 Å². The Bertz CT molecular complexity index is 210. The summed E-state index contributed by atoms with van der Waals surface area (Å²) in [5.41, 5.74) is 0.264. The van der Waals surface area contributed by atoms with Gasteiger partial charge in [-0.25, -0.2) is 0 Å². The fraction of sp³-hybridized carbons (Fsp3) is 0.917. The molecule has 15 heavy (non-hydrogen) atoms. The highest BCUT2D eigenvalue weighted by Crippen LogP contribution is 2.41. The first kappa shape index (κ1) is 12.5. The van der Waals surface area contributed by atoms with Crippen molar-refractivity contribution in [2.45, 2.75) is 40.0 Å². The fourth-order valence-corrected chi connectivity index (χ4v) is 1.96. The van der Waals surface area contributed by atoms with E-state index in [1.807, 2.05) is 6.92 Å². The molecule has 0 radical (unpaired) electrons. The summed E-state index contributed by atoms with van der Waals surface area (Å²) in [6, 6.07) is 0. The monoisotopic (exact) mass is 212 g/mol. The first-order valence-electron chi connectivity index (χ1n) is 6.03. The molecule has 0 atom stereocenters. The van der Waals surface area contributed by atoms with E-state index in [0.717, 1.165) is 19.0 Å². The van der Waals surface area contributed by atoms with Crippen molar-refractivity contribution in [3.05, 3.63) is 0 Å². The molecule has 1 rings (SSSR count). The third kappa shape index (κ3) is 3.82. The Morgan fingerprint density at radius 1 is 1.40 bits per heavy atom. The summed E-state index contributed by atoms with van der Waals surface area (Å²) in [6.45, 7) is 8.61. The molecule has 3 heteroatoms. The average Bonchev–Trinajstić information content (AvgIpc) is 2.08. The first-order chi connectivity index (χ1) is 7.06. The van der Waals surface area contributed by atoms with Crippen LogP contribution in [-0.4, -0.2) is 25.5 Å². The third-order valence-corrected chi connectivity index (χ3v) is 3.49. The summed E-state index contributed by atoms with van der Waals surface area (Å²) in [7, 11) is 0. The minimum atomic E-state index is 0.115. The van der Waals surface area contributed by atoms with Crippen LogP contribution in [-0.2, 0) is 4.79 Å². The molecule has 1 fully saturated rings. The molecule has 0 saturated heterocycles. The lowest BCUT2D eigenvalue weighted by Crippen LogP contribution is -2.43. The molecule has 1 aliphatic rings. The van der Waals surface area contributed by atoms with E-state index in [1.165, 1.54) is 19.3 Å². The maximum absolute atomic E-state index is 11.4. The molecule has 0 spiro atoms. The van der Waals surface area contributed by atoms with Crippen LogP contribution in [0, 0.1) is 11.3 Å². The maximum Gasteiger partial charge on any atom is 0.233 e. The van der Waals surface area contributed by atoms with E-state index >= 15 is 0 Å². The van der Waals surface area contributed by atoms with Gasteiger partial charge in [0.15, 0.2) is 0 Å². The Kier molecular flexibility index (Phi) is 4.58. The number of hydrogen-bond donors (Lipinski definition) is 2. The van der Waals surface area contributed by atoms with Gasteiger partial charge in [0, 0.05) is 6.54 Å². The Hall–Kier alpha value is -0.570. The topological polar surface area (TPSA) is 41.1 Å². The Morgan fingerprint density at radius 2 is 2.07 bits per heavy atom. The van der Waals surface area contributed by atoms with E-state index < -0.39 is 0 Å². The lowest BCUT2D eigenvalue weighted by molar-refractivity contribution is -0.121. The molecule has 0 unspecified atom stereocenters. The van der Waals surface area contributed by atoms with Gasteiger partial charge in [-0.15, -0.1) is 0 Å². The number of carbonyl (C=O) groups excluding carboxylic acids is 1. The van der Waals surface area contributed by atoms with Crippen molar-refractivity contribution in [2.24, 2.45) is 11.3 Å². The lowest BCUT2D eigenvalue weighted by Gasteiger charge is -2.40. The van der Waals surface area contributed by atoms with Crippen LogP contribution in [0.1, 0.15) is 40.0 Å². The second kappa shape index (κ2) is 5.50. The van der Waals surface area contributed by atoms with Crippen molar-refractivity contribution in [2.75, 3.05) is 19.6 Å². The predicted octanol–water partition coefficient (Wildman–Crippen LogP) is 1.54. The number of rotatable bonds is 6. The zero-order valence-corrected chi connectivity index (χ0v) is 10.2. The Morgan fingerprint density at radius 3 is 2.53 bits per heavy atom. The van der Waals surface area contributed by atoms with Crippen LogP contribution in [0.3, 0.4) is 0 Å². The summed E-state index contributed by atoms with van der Waals surface area (Å²) < 4.78 is 0. The zero-order valence-electron chi connectivity index (χ0n) is 10.2. The highest BCUT2D eigenvalue weighted by Gasteiger charge is 2.33. The molecule has 0 heterocycles. The summed E-state index contributed by atoms with van der Waals surface area (Å²) in [5.74, 6) is 0.918. The standard InChI is InChI=1S/C12H24N2O/c1-4-13-8-11(15)14-9-12(2,3)10-6-5-7-10/h10,13H,4-9H2,1-3H3,(H,14,15). The molecule has 0 aromatic rings. The van der Waals surface area contributed by atoms with Crippen molar-refractivity contribution < 1.29 is 4.79 Å². The van der Waals surface area contributed by atoms with Gasteiger partial charge in [0.25, 0.3) is 0 Å². The molecule has 1 aliphatic carbocycles. The van der Waals surface area contributed by atoms with Crippen LogP contribution < -0.4 is 10.6 Å². The van der Waals surface area contributed by atoms with E-state index in [9.17, 15) is 4.79 Å². The van der Waals surface area contributed by atoms with Crippen LogP contribution in [0.2, 0.25) is 0 Å². The van der Waals surface area contributed by atoms with Crippen molar-refractivity contribution in [1.82, 2.24) is 10.6 Å². The molecule has 0 aromatic carbocycles. The summed E-state index contributed by atoms with van der Waals surface area (Å²) in [5, 5.41) is 6.03. The Balaban J connectivity index is 2.19. The van der Waals surface area contributed by atoms with Gasteiger partial charge in [0.1, 0.15) is 0 Å². The molecule has 0 aliphatic heterocycles. The molecule has 0 aromatic heterocycles. The number of hydrogen-bond acceptors (Lipinski definition) is 2. The van der Waals surface area contributed by atoms with E-state index in [0.29, 0.717) is 6.54 Å². The third-order valence-electron chi connectivity index (χ3n) is 3.49. The SMILES string of the molecule is CCNCC(=O)NCC(C)(C)C1CCC1. The molecular formula is C12H24N2O. The van der Waals surface area contributed by atoms with Crippen LogP contribution in [0.25, 0.3) is 0 Å². The van der Waals surface area contributed by atoms with Crippen LogP contribution >= 0.6 is 0 Å². The summed E-state index contributed by atoms with van der Waals surface area (Å²) in [4.78, 5) is 11.4. The lowest BCUT2D eigenvalue weighted by atomic mass is 9.67. The minimum absolute atomic E-state index is 0.115. The van der Waals surface area contributed by atoms with Gasteiger partial charge in [0.2, 0.25) is 5.91 Å². The van der Waals surface area contributed by atoms with Gasteiger partial charge in [-0.05, 0) is 30.7 Å². The van der Waals surface area contributed by atoms with Crippen molar-refractivity contribution in [3.8, 4) is 0 Å². The smallest absolute Gasteiger partial charge is 0.233 e. The quantitative estimate of drug-likeness (QED) is 0.701. The van der Waals surface area contributed by atoms with Crippen molar-refractivity contribution in [1.29, 1.82) is 0 Å². The molecule has 0 bridgehead atoms. The molecule has 2 N–H and O–H groups in total. The van der Waals surface area contributed by atoms with Crippen molar-refractivity contribution >= 4 is 5.91 Å². The molecule has 1 saturated carbocycles. The molecule has 3 nitrogen and oxygen atoms in total. The highest BCUT2D eigenvalue weighted by atomic mass is 16.1. The van der Waals surface area contributed by atoms with Gasteiger partial charge in [0.05, 0.1) is 6.54 Å². The molecule has 1 amide bonds. The minimum Gasteiger partial charge on any atom is -0.354 e. The Labute approximate surface area is 93.0 Å². The number of nitrogens with one attached hydrogen (secondary N) is 2. The van der Waals surface area contributed by atoms with Gasteiger partial charge in [-0.2, -0.15) is 0 Å². The van der Waals surface area contributed by atoms with E-state index in [4.69, 9.17) is 0 Å². The number of carbonyl (C=O) groups is 1. The first-order valence-corrected chi connectivity index (χ1v) is 6.03. The largest absolute Gasteiger partial charge is 0.354 e. The maximum atomic E-state index is 11.4. The van der Waals surface area contributed by atoms with E-state index in [1.54, 1.807) is 0 Å². The van der Waals surface area contributed by atoms with E-state index in [2.05, 4.69) is 24.5 Å². The normalized spacial score (nSPS) is 17.3. The summed E-state index contributed by atoms with van der Waals surface area (Å²) in [6.07, 6.45) is 4.02. The summed E-state index contributed by atoms with van der Waals surface area (Å²) >= 11 is 0. The zero-order chi connectivity index (χ0) is 11.3. The van der Waals surface area contributed by atoms with Crippen LogP contribution in [0.4, 0.5) is 0 Å². The van der Waals surface area contributed by atoms with Crippen LogP contribution in [0.15, 0.2) is 0 Å². The second-order valence-electron chi connectivity index (χ2n) is 5.17. The van der Waals surface area contributed by atoms with Crippen LogP contribution in [0.5, 0.6) is 0 Å². The predicted molar refractivity (Wildman–Crippen MR) is 62.7 cm³/mol. The highest BCUT2D eigenvalue weighted by molar-refractivity contribution is 5.77. The van der Waals surface area contributed by atoms with Crippen molar-refractivity contribution in [3.63, 3.8) is 0 Å². The average molecular weight is 212 g/mol. The van der Waals surface area contributed by atoms with Gasteiger partial charge < -0.3 is 10.6 Å². The van der Waals surface area contributed by atoms with Gasteiger partial charge >= 0.3 is 0 Å².